The molecule has 15 rings (SSSR count). The molecular formula is C78H88BN3OS. The summed E-state index contributed by atoms with van der Waals surface area (Å²) in [5.41, 5.74) is 25.3. The maximum absolute atomic E-state index is 7.09. The third-order valence-corrected chi connectivity index (χ3v) is 25.0. The van der Waals surface area contributed by atoms with Gasteiger partial charge in [0.05, 0.1) is 11.4 Å². The lowest BCUT2D eigenvalue weighted by molar-refractivity contribution is 0.0881. The van der Waals surface area contributed by atoms with Gasteiger partial charge in [-0.1, -0.05) is 178 Å². The van der Waals surface area contributed by atoms with Crippen LogP contribution in [0.25, 0.3) is 21.9 Å². The van der Waals surface area contributed by atoms with Crippen LogP contribution in [-0.2, 0) is 32.5 Å². The van der Waals surface area contributed by atoms with Gasteiger partial charge in [-0.05, 0) is 211 Å². The highest BCUT2D eigenvalue weighted by Crippen LogP contribution is 2.67. The minimum Gasteiger partial charge on any atom is -0.454 e. The van der Waals surface area contributed by atoms with E-state index < -0.39 is 0 Å². The quantitative estimate of drug-likeness (QED) is 0.160. The predicted molar refractivity (Wildman–Crippen MR) is 361 cm³/mol. The molecule has 2 atom stereocenters. The molecule has 0 spiro atoms. The van der Waals surface area contributed by atoms with Crippen LogP contribution >= 0.6 is 11.8 Å². The van der Waals surface area contributed by atoms with Gasteiger partial charge in [0, 0.05) is 61.8 Å². The molecule has 4 aliphatic carbocycles. The Morgan fingerprint density at radius 2 is 0.940 bits per heavy atom. The lowest BCUT2D eigenvalue weighted by Crippen LogP contribution is -2.56. The van der Waals surface area contributed by atoms with Crippen molar-refractivity contribution < 1.29 is 4.42 Å². The third kappa shape index (κ3) is 7.85. The number of allylic oxidation sites excluding steroid dienone is 1. The van der Waals surface area contributed by atoms with Crippen molar-refractivity contribution in [2.24, 2.45) is 16.7 Å². The molecule has 7 aromatic carbocycles. The van der Waals surface area contributed by atoms with E-state index in [-0.39, 0.29) is 50.0 Å². The van der Waals surface area contributed by atoms with Gasteiger partial charge in [-0.3, -0.25) is 0 Å². The van der Waals surface area contributed by atoms with Crippen LogP contribution in [0.5, 0.6) is 0 Å². The molecule has 8 aromatic rings. The fourth-order valence-corrected chi connectivity index (χ4v) is 19.5. The molecule has 1 aromatic heterocycles. The molecule has 0 radical (unpaired) electrons. The Balaban J connectivity index is 1.11. The van der Waals surface area contributed by atoms with Crippen molar-refractivity contribution in [2.45, 2.75) is 200 Å². The van der Waals surface area contributed by atoms with Crippen molar-refractivity contribution in [1.29, 1.82) is 0 Å². The van der Waals surface area contributed by atoms with E-state index in [0.29, 0.717) is 11.2 Å². The van der Waals surface area contributed by atoms with Crippen LogP contribution in [0, 0.1) is 16.7 Å². The van der Waals surface area contributed by atoms with Gasteiger partial charge in [-0.25, -0.2) is 0 Å². The van der Waals surface area contributed by atoms with Crippen LogP contribution in [0.3, 0.4) is 0 Å². The van der Waals surface area contributed by atoms with Gasteiger partial charge in [-0.2, -0.15) is 0 Å². The second kappa shape index (κ2) is 17.8. The van der Waals surface area contributed by atoms with Crippen molar-refractivity contribution in [2.75, 3.05) is 14.7 Å². The second-order valence-electron chi connectivity index (χ2n) is 32.4. The largest absolute Gasteiger partial charge is 0.454 e. The number of hydrogen-bond acceptors (Lipinski definition) is 5. The number of anilines is 8. The zero-order valence-corrected chi connectivity index (χ0v) is 54.1. The van der Waals surface area contributed by atoms with E-state index in [0.717, 1.165) is 58.3 Å². The SMILES string of the molecule is CC1(C)CCC(C)(C)c2cc(N3C4=C(SC5C4C(C)(C)CCC5(C)C)B4c5cc6c(cc5N(c5ccc7c(c5)C(C)(C)CCC7(C)C)c5cc(N(c7ccccc7)c7cccc8c7oc7ccccc78)cc3c54)C(C)(C)CCC6(C)C)ccc21. The van der Waals surface area contributed by atoms with Crippen LogP contribution < -0.4 is 25.6 Å². The first kappa shape index (κ1) is 54.5. The lowest BCUT2D eigenvalue weighted by Gasteiger charge is -2.52. The van der Waals surface area contributed by atoms with Gasteiger partial charge >= 0.3 is 0 Å². The molecule has 430 valence electrons. The van der Waals surface area contributed by atoms with E-state index in [1.807, 2.05) is 0 Å². The topological polar surface area (TPSA) is 22.9 Å². The molecular weight excluding hydrogens is 1040 g/mol. The molecule has 1 saturated carbocycles. The average molecular weight is 1130 g/mol. The number of para-hydroxylation sites is 3. The number of nitrogens with zero attached hydrogens (tertiary/aromatic N) is 3. The van der Waals surface area contributed by atoms with Gasteiger partial charge < -0.3 is 19.1 Å². The van der Waals surface area contributed by atoms with E-state index in [9.17, 15) is 0 Å². The molecule has 0 N–H and O–H groups in total. The standard InChI is InChI=1S/C78H88BN3OS/c1-71(2)33-35-73(5,6)55-41-48(29-31-53(55)71)81-61-46-58-57(75(9,10)37-38-76(58,11)12)45-59(61)79-66-62(81)43-50(80(47-23-18-17-19-24-47)60-27-22-26-52-51-25-20-21-28-64(51)83-68(52)60)44-63(66)82(49-30-32-54-56(42-49)74(7,8)36-34-72(54,3)4)67-65-69(84-70(67)79)78(15,16)40-39-77(65,13)14/h17-32,41-46,65,69H,33-40H2,1-16H3. The van der Waals surface area contributed by atoms with E-state index in [1.54, 1.807) is 4.80 Å². The van der Waals surface area contributed by atoms with Crippen molar-refractivity contribution in [3.63, 3.8) is 0 Å². The van der Waals surface area contributed by atoms with Crippen LogP contribution in [0.1, 0.15) is 196 Å². The molecule has 0 amide bonds. The molecule has 7 aliphatic rings. The highest BCUT2D eigenvalue weighted by atomic mass is 32.2. The summed E-state index contributed by atoms with van der Waals surface area (Å²) in [4.78, 5) is 9.76. The van der Waals surface area contributed by atoms with Gasteiger partial charge in [0.2, 0.25) is 0 Å². The van der Waals surface area contributed by atoms with Gasteiger partial charge in [0.1, 0.15) is 5.58 Å². The van der Waals surface area contributed by atoms with Gasteiger partial charge in [0.25, 0.3) is 6.71 Å². The molecule has 4 nitrogen and oxygen atoms in total. The zero-order valence-electron chi connectivity index (χ0n) is 53.2. The minimum absolute atomic E-state index is 0.00373. The smallest absolute Gasteiger partial charge is 0.259 e. The summed E-state index contributed by atoms with van der Waals surface area (Å²) in [6.45, 7) is 40.5. The van der Waals surface area contributed by atoms with Crippen LogP contribution in [-0.4, -0.2) is 12.0 Å². The van der Waals surface area contributed by atoms with E-state index in [1.165, 1.54) is 111 Å². The van der Waals surface area contributed by atoms with Crippen molar-refractivity contribution in [3.05, 3.63) is 177 Å². The van der Waals surface area contributed by atoms with Crippen molar-refractivity contribution in [1.82, 2.24) is 0 Å². The maximum atomic E-state index is 7.09. The maximum Gasteiger partial charge on any atom is 0.259 e. The molecule has 2 unspecified atom stereocenters. The van der Waals surface area contributed by atoms with Crippen LogP contribution in [0.4, 0.5) is 45.5 Å². The van der Waals surface area contributed by atoms with E-state index >= 15 is 0 Å². The van der Waals surface area contributed by atoms with Crippen molar-refractivity contribution >= 4 is 96.8 Å². The summed E-state index contributed by atoms with van der Waals surface area (Å²) in [7, 11) is 0. The molecule has 6 heteroatoms. The first-order valence-electron chi connectivity index (χ1n) is 32.0. The normalized spacial score (nSPS) is 23.7. The van der Waals surface area contributed by atoms with Gasteiger partial charge in [-0.15, -0.1) is 11.8 Å². The number of furan rings is 1. The monoisotopic (exact) mass is 1130 g/mol. The summed E-state index contributed by atoms with van der Waals surface area (Å²) in [6.07, 6.45) is 9.42. The Morgan fingerprint density at radius 1 is 0.440 bits per heavy atom. The molecule has 1 fully saturated rings. The Labute approximate surface area is 507 Å². The summed E-state index contributed by atoms with van der Waals surface area (Å²) in [5.74, 6) is 0.317. The van der Waals surface area contributed by atoms with Crippen LogP contribution in [0.15, 0.2) is 148 Å². The zero-order chi connectivity index (χ0) is 58.8. The molecule has 0 bridgehead atoms. The summed E-state index contributed by atoms with van der Waals surface area (Å²) >= 11 is 2.27. The molecule has 0 saturated heterocycles. The highest BCUT2D eigenvalue weighted by molar-refractivity contribution is 8.06. The fraction of sp³-hybridized carbons (Fsp3) is 0.436. The third-order valence-electron chi connectivity index (χ3n) is 23.2. The number of thioether (sulfide) groups is 1. The first-order valence-corrected chi connectivity index (χ1v) is 32.9. The summed E-state index contributed by atoms with van der Waals surface area (Å²) in [6, 6.07) is 52.7. The Hall–Kier alpha value is -6.11. The van der Waals surface area contributed by atoms with Crippen LogP contribution in [0.2, 0.25) is 0 Å². The number of rotatable bonds is 5. The summed E-state index contributed by atoms with van der Waals surface area (Å²) in [5, 5.41) is 2.67. The lowest BCUT2D eigenvalue weighted by atomic mass is 9.35. The molecule has 4 heterocycles. The summed E-state index contributed by atoms with van der Waals surface area (Å²) < 4.78 is 7.09. The fourth-order valence-electron chi connectivity index (χ4n) is 17.4. The highest BCUT2D eigenvalue weighted by Gasteiger charge is 2.60. The Kier molecular flexibility index (Phi) is 11.5. The molecule has 3 aliphatic heterocycles. The number of fused-ring (bicyclic) bond motifs is 11. The van der Waals surface area contributed by atoms with Gasteiger partial charge in [0.15, 0.2) is 5.58 Å². The Bertz CT molecular complexity index is 4130. The Morgan fingerprint density at radius 3 is 1.55 bits per heavy atom. The number of hydrogen-bond donors (Lipinski definition) is 0. The molecule has 84 heavy (non-hydrogen) atoms. The number of benzene rings is 7. The van der Waals surface area contributed by atoms with E-state index in [4.69, 9.17) is 4.42 Å². The first-order chi connectivity index (χ1) is 39.6. The average Bonchev–Trinajstić information content (AvgIpc) is 1.29. The van der Waals surface area contributed by atoms with E-state index in [2.05, 4.69) is 271 Å². The predicted octanol–water partition coefficient (Wildman–Crippen LogP) is 21.0. The van der Waals surface area contributed by atoms with Crippen molar-refractivity contribution in [3.8, 4) is 0 Å². The second-order valence-corrected chi connectivity index (χ2v) is 33.6. The minimum atomic E-state index is 0.00373.